The predicted molar refractivity (Wildman–Crippen MR) is 117 cm³/mol. The average molecular weight is 444 g/mol. The number of benzene rings is 1. The summed E-state index contributed by atoms with van der Waals surface area (Å²) < 4.78 is 25.5. The van der Waals surface area contributed by atoms with Crippen LogP contribution in [-0.2, 0) is 27.6 Å². The minimum absolute atomic E-state index is 0.0564. The highest BCUT2D eigenvalue weighted by Crippen LogP contribution is 2.27. The molecular weight excluding hydrogens is 418 g/mol. The molecule has 0 radical (unpaired) electrons. The van der Waals surface area contributed by atoms with Crippen molar-refractivity contribution in [3.8, 4) is 0 Å². The van der Waals surface area contributed by atoms with Crippen LogP contribution in [0.4, 0.5) is 0 Å². The van der Waals surface area contributed by atoms with E-state index in [1.54, 1.807) is 34.8 Å². The fourth-order valence-corrected chi connectivity index (χ4v) is 5.85. The summed E-state index contributed by atoms with van der Waals surface area (Å²) in [5, 5.41) is 12.3. The zero-order chi connectivity index (χ0) is 22.3. The first-order chi connectivity index (χ1) is 14.7. The van der Waals surface area contributed by atoms with Crippen molar-refractivity contribution in [2.45, 2.75) is 39.3 Å². The first kappa shape index (κ1) is 21.2. The van der Waals surface area contributed by atoms with Crippen LogP contribution in [0.2, 0.25) is 0 Å². The number of nitrogens with one attached hydrogen (secondary N) is 1. The molecule has 31 heavy (non-hydrogen) atoms. The van der Waals surface area contributed by atoms with E-state index in [2.05, 4.69) is 15.3 Å². The van der Waals surface area contributed by atoms with Gasteiger partial charge in [-0.15, -0.1) is 0 Å². The number of nitrogens with zero attached hydrogens (tertiary/aromatic N) is 4. The van der Waals surface area contributed by atoms with Crippen LogP contribution in [-0.4, -0.2) is 57.8 Å². The van der Waals surface area contributed by atoms with Gasteiger partial charge in [0.1, 0.15) is 0 Å². The molecule has 0 aliphatic carbocycles. The van der Waals surface area contributed by atoms with Gasteiger partial charge in [0, 0.05) is 30.2 Å². The highest BCUT2D eigenvalue weighted by atomic mass is 32.2. The summed E-state index contributed by atoms with van der Waals surface area (Å²) in [5.74, 6) is 0.150. The molecular formula is C21H25N5O4S. The lowest BCUT2D eigenvalue weighted by atomic mass is 10.1. The number of carbonyl (C=O) groups is 1. The highest BCUT2D eigenvalue weighted by Gasteiger charge is 2.31. The minimum Gasteiger partial charge on any atom is -0.341 e. The van der Waals surface area contributed by atoms with E-state index in [4.69, 9.17) is 0 Å². The summed E-state index contributed by atoms with van der Waals surface area (Å²) in [5.41, 5.74) is 2.82. The van der Waals surface area contributed by atoms with Gasteiger partial charge in [-0.05, 0) is 26.3 Å². The van der Waals surface area contributed by atoms with Crippen molar-refractivity contribution in [2.24, 2.45) is 0 Å². The number of hydrogen-bond acceptors (Lipinski definition) is 6. The zero-order valence-corrected chi connectivity index (χ0v) is 18.6. The number of sulfone groups is 1. The molecule has 0 saturated carbocycles. The Morgan fingerprint density at radius 1 is 1.26 bits per heavy atom. The first-order valence-electron chi connectivity index (χ1n) is 10.1. The van der Waals surface area contributed by atoms with Gasteiger partial charge >= 0.3 is 0 Å². The minimum atomic E-state index is -3.01. The lowest BCUT2D eigenvalue weighted by Crippen LogP contribution is -2.29. The van der Waals surface area contributed by atoms with E-state index in [9.17, 15) is 18.0 Å². The monoisotopic (exact) mass is 443 g/mol. The number of rotatable bonds is 5. The van der Waals surface area contributed by atoms with Gasteiger partial charge in [0.2, 0.25) is 5.91 Å². The van der Waals surface area contributed by atoms with Crippen molar-refractivity contribution in [1.82, 2.24) is 24.9 Å². The molecule has 2 aromatic heterocycles. The Labute approximate surface area is 180 Å². The third kappa shape index (κ3) is 4.12. The Morgan fingerprint density at radius 2 is 1.97 bits per heavy atom. The van der Waals surface area contributed by atoms with Crippen molar-refractivity contribution >= 4 is 26.5 Å². The van der Waals surface area contributed by atoms with Gasteiger partial charge in [0.15, 0.2) is 9.84 Å². The van der Waals surface area contributed by atoms with Crippen LogP contribution in [0.25, 0.3) is 10.8 Å². The second kappa shape index (κ2) is 7.92. The molecule has 164 valence electrons. The quantitative estimate of drug-likeness (QED) is 0.635. The van der Waals surface area contributed by atoms with Crippen LogP contribution in [0.5, 0.6) is 0 Å². The zero-order valence-electron chi connectivity index (χ0n) is 17.8. The third-order valence-electron chi connectivity index (χ3n) is 5.94. The Kier molecular flexibility index (Phi) is 5.42. The number of aromatic nitrogens is 4. The van der Waals surface area contributed by atoms with E-state index in [1.807, 2.05) is 19.9 Å². The Bertz CT molecular complexity index is 1330. The van der Waals surface area contributed by atoms with Crippen LogP contribution < -0.4 is 5.56 Å². The summed E-state index contributed by atoms with van der Waals surface area (Å²) >= 11 is 0. The van der Waals surface area contributed by atoms with E-state index < -0.39 is 9.84 Å². The van der Waals surface area contributed by atoms with Gasteiger partial charge in [0.05, 0.1) is 40.7 Å². The number of aryl methyl sites for hydroxylation is 1. The predicted octanol–water partition coefficient (Wildman–Crippen LogP) is 1.30. The highest BCUT2D eigenvalue weighted by molar-refractivity contribution is 7.91. The molecule has 1 aromatic carbocycles. The van der Waals surface area contributed by atoms with Crippen molar-refractivity contribution in [3.05, 3.63) is 57.3 Å². The molecule has 1 N–H and O–H groups in total. The van der Waals surface area contributed by atoms with Crippen LogP contribution in [0.3, 0.4) is 0 Å². The normalized spacial score (nSPS) is 17.8. The number of amides is 1. The average Bonchev–Trinajstić information content (AvgIpc) is 3.23. The fraction of sp³-hybridized carbons (Fsp3) is 0.429. The van der Waals surface area contributed by atoms with Gasteiger partial charge in [-0.3, -0.25) is 14.3 Å². The van der Waals surface area contributed by atoms with Crippen molar-refractivity contribution in [1.29, 1.82) is 0 Å². The number of likely N-dealkylation sites (N-methyl/N-ethyl adjacent to an activating group) is 1. The van der Waals surface area contributed by atoms with Crippen LogP contribution in [0, 0.1) is 13.8 Å². The second-order valence-corrected chi connectivity index (χ2v) is 10.4. The van der Waals surface area contributed by atoms with E-state index in [0.717, 1.165) is 17.0 Å². The maximum absolute atomic E-state index is 12.9. The van der Waals surface area contributed by atoms with Gasteiger partial charge in [-0.25, -0.2) is 13.5 Å². The van der Waals surface area contributed by atoms with E-state index in [0.29, 0.717) is 29.4 Å². The maximum Gasteiger partial charge on any atom is 0.272 e. The van der Waals surface area contributed by atoms with Crippen molar-refractivity contribution in [3.63, 3.8) is 0 Å². The Hall–Kier alpha value is -3.01. The molecule has 10 heteroatoms. The summed E-state index contributed by atoms with van der Waals surface area (Å²) in [6, 6.07) is 6.92. The molecule has 1 aliphatic rings. The Balaban J connectivity index is 1.53. The molecule has 0 bridgehead atoms. The van der Waals surface area contributed by atoms with E-state index in [-0.39, 0.29) is 35.4 Å². The summed E-state index contributed by atoms with van der Waals surface area (Å²) in [4.78, 5) is 26.5. The fourth-order valence-electron chi connectivity index (χ4n) is 4.16. The summed E-state index contributed by atoms with van der Waals surface area (Å²) in [6.45, 7) is 4.14. The number of carbonyl (C=O) groups excluding carboxylic acids is 1. The van der Waals surface area contributed by atoms with Crippen molar-refractivity contribution in [2.75, 3.05) is 18.6 Å². The van der Waals surface area contributed by atoms with Crippen LogP contribution in [0.15, 0.2) is 29.1 Å². The standard InChI is InChI=1S/C21H25N5O4S/c1-13-18(14(2)26(24-13)15-8-9-31(29,30)12-15)11-25(3)20(27)10-19-16-6-4-5-7-17(16)21(28)23-22-19/h4-7,15H,8-12H2,1-3H3,(H,23,28). The molecule has 1 saturated heterocycles. The second-order valence-electron chi connectivity index (χ2n) is 8.12. The SMILES string of the molecule is Cc1nn(C2CCS(=O)(=O)C2)c(C)c1CN(C)C(=O)Cc1n[nH]c(=O)c2ccccc12. The number of hydrogen-bond donors (Lipinski definition) is 1. The van der Waals surface area contributed by atoms with E-state index in [1.165, 1.54) is 0 Å². The molecule has 3 aromatic rings. The maximum atomic E-state index is 12.9. The third-order valence-corrected chi connectivity index (χ3v) is 7.69. The summed E-state index contributed by atoms with van der Waals surface area (Å²) in [7, 11) is -1.30. The number of aromatic amines is 1. The smallest absolute Gasteiger partial charge is 0.272 e. The summed E-state index contributed by atoms with van der Waals surface area (Å²) in [6.07, 6.45) is 0.615. The molecule has 3 heterocycles. The molecule has 0 spiro atoms. The lowest BCUT2D eigenvalue weighted by Gasteiger charge is -2.18. The number of H-pyrrole nitrogens is 1. The van der Waals surface area contributed by atoms with Gasteiger partial charge < -0.3 is 4.90 Å². The van der Waals surface area contributed by atoms with Gasteiger partial charge in [0.25, 0.3) is 5.56 Å². The van der Waals surface area contributed by atoms with Gasteiger partial charge in [-0.2, -0.15) is 10.2 Å². The lowest BCUT2D eigenvalue weighted by molar-refractivity contribution is -0.129. The first-order valence-corrected chi connectivity index (χ1v) is 11.9. The van der Waals surface area contributed by atoms with Crippen LogP contribution >= 0.6 is 0 Å². The molecule has 4 rings (SSSR count). The molecule has 1 unspecified atom stereocenters. The topological polar surface area (TPSA) is 118 Å². The largest absolute Gasteiger partial charge is 0.341 e. The molecule has 1 aliphatic heterocycles. The van der Waals surface area contributed by atoms with Crippen molar-refractivity contribution < 1.29 is 13.2 Å². The molecule has 1 atom stereocenters. The molecule has 1 fully saturated rings. The van der Waals surface area contributed by atoms with Crippen LogP contribution in [0.1, 0.15) is 35.1 Å². The number of fused-ring (bicyclic) bond motifs is 1. The molecule has 9 nitrogen and oxygen atoms in total. The van der Waals surface area contributed by atoms with E-state index >= 15 is 0 Å². The Morgan fingerprint density at radius 3 is 2.65 bits per heavy atom. The van der Waals surface area contributed by atoms with Gasteiger partial charge in [-0.1, -0.05) is 18.2 Å². The molecule has 1 amide bonds.